The van der Waals surface area contributed by atoms with Crippen LogP contribution in [0.2, 0.25) is 0 Å². The Labute approximate surface area is 171 Å². The summed E-state index contributed by atoms with van der Waals surface area (Å²) in [6, 6.07) is 0. The van der Waals surface area contributed by atoms with Gasteiger partial charge < -0.3 is 15.7 Å². The minimum atomic E-state index is 0.0640. The molecule has 0 aromatic heterocycles. The van der Waals surface area contributed by atoms with Crippen LogP contribution in [0.1, 0.15) is 64.2 Å². The summed E-state index contributed by atoms with van der Waals surface area (Å²) in [6.45, 7) is 10.4. The molecule has 6 nitrogen and oxygen atoms in total. The van der Waals surface area contributed by atoms with Crippen molar-refractivity contribution in [2.75, 3.05) is 39.3 Å². The summed E-state index contributed by atoms with van der Waals surface area (Å²) in [5, 5.41) is 15.1. The molecule has 0 spiro atoms. The minimum absolute atomic E-state index is 0.0640. The average molecular weight is 396 g/mol. The van der Waals surface area contributed by atoms with Crippen molar-refractivity contribution in [2.24, 2.45) is 0 Å². The van der Waals surface area contributed by atoms with E-state index < -0.39 is 0 Å². The number of amides is 2. The van der Waals surface area contributed by atoms with Crippen LogP contribution in [-0.4, -0.2) is 61.2 Å². The number of rotatable bonds is 20. The van der Waals surface area contributed by atoms with Gasteiger partial charge in [0.25, 0.3) is 0 Å². The quantitative estimate of drug-likeness (QED) is 0.219. The number of aliphatic hydroxyl groups excluding tert-OH is 1. The van der Waals surface area contributed by atoms with Crippen molar-refractivity contribution in [2.45, 2.75) is 64.2 Å². The predicted molar refractivity (Wildman–Crippen MR) is 116 cm³/mol. The Morgan fingerprint density at radius 3 is 1.61 bits per heavy atom. The zero-order valence-corrected chi connectivity index (χ0v) is 17.6. The van der Waals surface area contributed by atoms with Gasteiger partial charge in [-0.1, -0.05) is 25.0 Å². The summed E-state index contributed by atoms with van der Waals surface area (Å²) < 4.78 is 0. The van der Waals surface area contributed by atoms with Crippen LogP contribution >= 0.6 is 0 Å². The first-order valence-electron chi connectivity index (χ1n) is 10.7. The molecule has 2 amide bonds. The number of unbranched alkanes of at least 4 members (excludes halogenated alkanes) is 6. The molecular formula is C22H41N3O3. The van der Waals surface area contributed by atoms with Gasteiger partial charge in [0.15, 0.2) is 0 Å². The molecule has 0 aromatic rings. The van der Waals surface area contributed by atoms with Crippen molar-refractivity contribution in [3.05, 3.63) is 25.3 Å². The molecule has 6 heteroatoms. The molecule has 0 aliphatic heterocycles. The lowest BCUT2D eigenvalue weighted by atomic mass is 10.1. The number of carbonyl (C=O) groups excluding carboxylic acids is 2. The van der Waals surface area contributed by atoms with Crippen LogP contribution in [0.4, 0.5) is 0 Å². The number of allylic oxidation sites excluding steroid dienone is 2. The fraction of sp³-hybridized carbons (Fsp3) is 0.727. The lowest BCUT2D eigenvalue weighted by molar-refractivity contribution is -0.121. The van der Waals surface area contributed by atoms with Crippen molar-refractivity contribution >= 4 is 11.8 Å². The highest BCUT2D eigenvalue weighted by atomic mass is 16.3. The predicted octanol–water partition coefficient (Wildman–Crippen LogP) is 2.79. The van der Waals surface area contributed by atoms with Gasteiger partial charge in [-0.2, -0.15) is 0 Å². The molecule has 0 aliphatic carbocycles. The molecule has 162 valence electrons. The summed E-state index contributed by atoms with van der Waals surface area (Å²) in [5.74, 6) is 0.152. The van der Waals surface area contributed by atoms with E-state index in [-0.39, 0.29) is 18.4 Å². The third-order valence-corrected chi connectivity index (χ3v) is 4.54. The Morgan fingerprint density at radius 1 is 0.750 bits per heavy atom. The second kappa shape index (κ2) is 20.1. The minimum Gasteiger partial charge on any atom is -0.395 e. The molecule has 0 aromatic carbocycles. The van der Waals surface area contributed by atoms with Gasteiger partial charge >= 0.3 is 0 Å². The Hall–Kier alpha value is -1.66. The summed E-state index contributed by atoms with van der Waals surface area (Å²) in [5.41, 5.74) is 0. The van der Waals surface area contributed by atoms with Crippen LogP contribution in [0, 0.1) is 0 Å². The molecule has 0 rings (SSSR count). The number of hydrogen-bond acceptors (Lipinski definition) is 4. The third kappa shape index (κ3) is 17.7. The lowest BCUT2D eigenvalue weighted by Gasteiger charge is -2.21. The van der Waals surface area contributed by atoms with E-state index in [4.69, 9.17) is 0 Å². The van der Waals surface area contributed by atoms with Gasteiger partial charge in [0.05, 0.1) is 6.61 Å². The molecule has 0 bridgehead atoms. The summed E-state index contributed by atoms with van der Waals surface area (Å²) in [4.78, 5) is 25.7. The van der Waals surface area contributed by atoms with Gasteiger partial charge in [-0.15, -0.1) is 13.2 Å². The van der Waals surface area contributed by atoms with Crippen LogP contribution in [0.15, 0.2) is 25.3 Å². The molecule has 3 N–H and O–H groups in total. The highest BCUT2D eigenvalue weighted by molar-refractivity contribution is 5.76. The second-order valence-corrected chi connectivity index (χ2v) is 7.04. The van der Waals surface area contributed by atoms with E-state index in [9.17, 15) is 14.7 Å². The third-order valence-electron chi connectivity index (χ3n) is 4.54. The van der Waals surface area contributed by atoms with Crippen LogP contribution in [0.3, 0.4) is 0 Å². The second-order valence-electron chi connectivity index (χ2n) is 7.04. The molecule has 28 heavy (non-hydrogen) atoms. The van der Waals surface area contributed by atoms with E-state index in [0.717, 1.165) is 51.4 Å². The van der Waals surface area contributed by atoms with Crippen molar-refractivity contribution in [3.8, 4) is 0 Å². The first kappa shape index (κ1) is 26.3. The molecule has 0 aliphatic rings. The molecule has 0 saturated heterocycles. The van der Waals surface area contributed by atoms with Crippen LogP contribution in [-0.2, 0) is 9.59 Å². The Bertz CT molecular complexity index is 391. The average Bonchev–Trinajstić information content (AvgIpc) is 2.67. The number of carbonyl (C=O) groups is 2. The Kier molecular flexibility index (Phi) is 18.9. The van der Waals surface area contributed by atoms with Gasteiger partial charge in [0, 0.05) is 45.6 Å². The zero-order valence-electron chi connectivity index (χ0n) is 17.6. The van der Waals surface area contributed by atoms with Gasteiger partial charge in [0.1, 0.15) is 0 Å². The first-order chi connectivity index (χ1) is 13.6. The highest BCUT2D eigenvalue weighted by Crippen LogP contribution is 2.03. The number of nitrogens with one attached hydrogen (secondary N) is 2. The Morgan fingerprint density at radius 2 is 1.21 bits per heavy atom. The monoisotopic (exact) mass is 395 g/mol. The molecule has 0 atom stereocenters. The first-order valence-corrected chi connectivity index (χ1v) is 10.7. The van der Waals surface area contributed by atoms with Crippen molar-refractivity contribution in [1.82, 2.24) is 15.5 Å². The van der Waals surface area contributed by atoms with Gasteiger partial charge in [-0.05, 0) is 38.5 Å². The molecule has 0 radical (unpaired) electrons. The van der Waals surface area contributed by atoms with Gasteiger partial charge in [-0.25, -0.2) is 0 Å². The van der Waals surface area contributed by atoms with E-state index in [0.29, 0.717) is 45.6 Å². The van der Waals surface area contributed by atoms with Crippen LogP contribution in [0.5, 0.6) is 0 Å². The molecule has 0 heterocycles. The fourth-order valence-electron chi connectivity index (χ4n) is 2.86. The van der Waals surface area contributed by atoms with Crippen LogP contribution < -0.4 is 10.6 Å². The maximum Gasteiger partial charge on any atom is 0.220 e. The summed E-state index contributed by atoms with van der Waals surface area (Å²) in [7, 11) is 0. The van der Waals surface area contributed by atoms with Crippen molar-refractivity contribution < 1.29 is 14.7 Å². The fourth-order valence-corrected chi connectivity index (χ4v) is 2.86. The standard InChI is InChI=1S/C22H41N3O3/c1-3-5-7-9-11-13-21(27)23-15-17-25(19-20-26)18-16-24-22(28)14-12-10-8-6-4-2/h3-4,26H,1-2,5-20H2,(H,23,27)(H,24,28). The molecule has 0 unspecified atom stereocenters. The number of aliphatic hydroxyl groups is 1. The maximum absolute atomic E-state index is 11.8. The lowest BCUT2D eigenvalue weighted by Crippen LogP contribution is -2.40. The van der Waals surface area contributed by atoms with E-state index in [1.165, 1.54) is 0 Å². The SMILES string of the molecule is C=CCCCCCC(=O)NCCN(CCO)CCNC(=O)CCCCCC=C. The number of hydrogen-bond donors (Lipinski definition) is 3. The van der Waals surface area contributed by atoms with E-state index in [1.54, 1.807) is 0 Å². The molecule has 0 saturated carbocycles. The maximum atomic E-state index is 11.8. The van der Waals surface area contributed by atoms with Crippen LogP contribution in [0.25, 0.3) is 0 Å². The summed E-state index contributed by atoms with van der Waals surface area (Å²) >= 11 is 0. The van der Waals surface area contributed by atoms with E-state index in [2.05, 4.69) is 28.7 Å². The van der Waals surface area contributed by atoms with E-state index in [1.807, 2.05) is 12.2 Å². The highest BCUT2D eigenvalue weighted by Gasteiger charge is 2.07. The van der Waals surface area contributed by atoms with E-state index >= 15 is 0 Å². The van der Waals surface area contributed by atoms with Crippen molar-refractivity contribution in [3.63, 3.8) is 0 Å². The largest absolute Gasteiger partial charge is 0.395 e. The normalized spacial score (nSPS) is 10.6. The smallest absolute Gasteiger partial charge is 0.220 e. The number of nitrogens with zero attached hydrogens (tertiary/aromatic N) is 1. The van der Waals surface area contributed by atoms with Gasteiger partial charge in [0.2, 0.25) is 11.8 Å². The van der Waals surface area contributed by atoms with Crippen molar-refractivity contribution in [1.29, 1.82) is 0 Å². The molecular weight excluding hydrogens is 354 g/mol. The van der Waals surface area contributed by atoms with Gasteiger partial charge in [-0.3, -0.25) is 14.5 Å². The zero-order chi connectivity index (χ0) is 20.9. The topological polar surface area (TPSA) is 81.7 Å². The summed E-state index contributed by atoms with van der Waals surface area (Å²) in [6.07, 6.45) is 13.0. The Balaban J connectivity index is 3.78. The molecule has 0 fully saturated rings.